The van der Waals surface area contributed by atoms with Gasteiger partial charge in [-0.25, -0.2) is 19.7 Å². The van der Waals surface area contributed by atoms with E-state index in [-0.39, 0.29) is 42.9 Å². The number of methoxy groups -OCH3 is 1. The molecule has 0 amide bonds. The van der Waals surface area contributed by atoms with Gasteiger partial charge in [-0.3, -0.25) is 4.57 Å². The van der Waals surface area contributed by atoms with Crippen molar-refractivity contribution >= 4 is 71.6 Å². The minimum atomic E-state index is -0.524. The maximum Gasteiger partial charge on any atom is 0.356 e. The number of pyridine rings is 2. The second kappa shape index (κ2) is 9.05. The van der Waals surface area contributed by atoms with Crippen LogP contribution in [0.1, 0.15) is 16.3 Å². The highest BCUT2D eigenvalue weighted by atomic mass is 35.5. The van der Waals surface area contributed by atoms with Gasteiger partial charge in [0.15, 0.2) is 17.2 Å². The molecule has 0 bridgehead atoms. The lowest BCUT2D eigenvalue weighted by molar-refractivity contribution is 0.0594. The molecule has 0 aromatic carbocycles. The molecule has 3 rings (SSSR count). The van der Waals surface area contributed by atoms with Crippen LogP contribution in [0.4, 0.5) is 5.69 Å². The van der Waals surface area contributed by atoms with Gasteiger partial charge < -0.3 is 10.5 Å². The van der Waals surface area contributed by atoms with E-state index in [1.807, 2.05) is 0 Å². The first-order valence-corrected chi connectivity index (χ1v) is 6.75. The summed E-state index contributed by atoms with van der Waals surface area (Å²) in [5.74, 6) is 0.567. The van der Waals surface area contributed by atoms with Crippen LogP contribution in [0.15, 0.2) is 24.4 Å². The fourth-order valence-corrected chi connectivity index (χ4v) is 2.41. The number of halogens is 4. The molecule has 0 saturated carbocycles. The predicted octanol–water partition coefficient (Wildman–Crippen LogP) is 3.41. The third-order valence-corrected chi connectivity index (χ3v) is 3.40. The molecule has 2 N–H and O–H groups in total. The van der Waals surface area contributed by atoms with Gasteiger partial charge in [-0.1, -0.05) is 11.6 Å². The maximum atomic E-state index is 11.7. The van der Waals surface area contributed by atoms with E-state index in [1.165, 1.54) is 13.3 Å². The van der Waals surface area contributed by atoms with Crippen molar-refractivity contribution in [2.45, 2.75) is 6.92 Å². The standard InChI is InChI=1S/C14H12ClN5O2.3ClH/c1-7-18-10-3-4-11(14(21)22-2)19-13(10)20(7)12-9(15)5-8(16)6-17-12;;;/h3-6H,16H2,1-2H3;3*1H. The van der Waals surface area contributed by atoms with Crippen LogP contribution in [0.25, 0.3) is 17.0 Å². The summed E-state index contributed by atoms with van der Waals surface area (Å²) in [6.07, 6.45) is 1.50. The highest BCUT2D eigenvalue weighted by Gasteiger charge is 2.17. The molecule has 11 heteroatoms. The number of anilines is 1. The van der Waals surface area contributed by atoms with E-state index < -0.39 is 5.97 Å². The SMILES string of the molecule is COC(=O)c1ccc2nc(C)n(-c3ncc(N)cc3Cl)c2n1.Cl.Cl.Cl. The van der Waals surface area contributed by atoms with Gasteiger partial charge in [-0.15, -0.1) is 37.2 Å². The van der Waals surface area contributed by atoms with Crippen molar-refractivity contribution in [1.29, 1.82) is 0 Å². The molecule has 7 nitrogen and oxygen atoms in total. The third-order valence-electron chi connectivity index (χ3n) is 3.12. The molecule has 25 heavy (non-hydrogen) atoms. The van der Waals surface area contributed by atoms with Crippen LogP contribution in [-0.2, 0) is 4.74 Å². The first-order chi connectivity index (χ1) is 10.5. The molecule has 3 heterocycles. The van der Waals surface area contributed by atoms with Gasteiger partial charge >= 0.3 is 5.97 Å². The molecular weight excluding hydrogens is 412 g/mol. The number of imidazole rings is 1. The summed E-state index contributed by atoms with van der Waals surface area (Å²) in [7, 11) is 1.30. The molecule has 0 aliphatic rings. The topological polar surface area (TPSA) is 95.9 Å². The molecule has 0 fully saturated rings. The quantitative estimate of drug-likeness (QED) is 0.630. The van der Waals surface area contributed by atoms with Crippen LogP contribution in [0.3, 0.4) is 0 Å². The number of rotatable bonds is 2. The summed E-state index contributed by atoms with van der Waals surface area (Å²) in [6.45, 7) is 1.80. The van der Waals surface area contributed by atoms with Gasteiger partial charge in [0.1, 0.15) is 11.3 Å². The zero-order valence-electron chi connectivity index (χ0n) is 13.1. The predicted molar refractivity (Wildman–Crippen MR) is 104 cm³/mol. The third kappa shape index (κ3) is 4.24. The second-order valence-corrected chi connectivity index (χ2v) is 5.01. The second-order valence-electron chi connectivity index (χ2n) is 4.60. The van der Waals surface area contributed by atoms with Gasteiger partial charge in [-0.2, -0.15) is 0 Å². The number of nitrogen functional groups attached to an aromatic ring is 1. The van der Waals surface area contributed by atoms with Crippen LogP contribution >= 0.6 is 48.8 Å². The van der Waals surface area contributed by atoms with Crippen LogP contribution in [-0.4, -0.2) is 32.6 Å². The Hall–Kier alpha value is -1.80. The van der Waals surface area contributed by atoms with Crippen molar-refractivity contribution in [1.82, 2.24) is 19.5 Å². The minimum absolute atomic E-state index is 0. The van der Waals surface area contributed by atoms with Crippen LogP contribution in [0.5, 0.6) is 0 Å². The van der Waals surface area contributed by atoms with E-state index >= 15 is 0 Å². The smallest absolute Gasteiger partial charge is 0.356 e. The molecule has 0 unspecified atom stereocenters. The molecule has 0 atom stereocenters. The minimum Gasteiger partial charge on any atom is -0.464 e. The van der Waals surface area contributed by atoms with Crippen LogP contribution in [0, 0.1) is 6.92 Å². The summed E-state index contributed by atoms with van der Waals surface area (Å²) in [4.78, 5) is 24.6. The molecule has 136 valence electrons. The molecule has 3 aromatic heterocycles. The molecule has 0 aliphatic heterocycles. The summed E-state index contributed by atoms with van der Waals surface area (Å²) in [5, 5.41) is 0.368. The maximum absolute atomic E-state index is 11.7. The number of hydrogen-bond acceptors (Lipinski definition) is 6. The number of esters is 1. The largest absolute Gasteiger partial charge is 0.464 e. The van der Waals surface area contributed by atoms with Crippen molar-refractivity contribution in [2.75, 3.05) is 12.8 Å². The Morgan fingerprint density at radius 3 is 2.52 bits per heavy atom. The lowest BCUT2D eigenvalue weighted by Crippen LogP contribution is -2.07. The number of nitrogens with two attached hydrogens (primary N) is 1. The number of nitrogens with zero attached hydrogens (tertiary/aromatic N) is 4. The van der Waals surface area contributed by atoms with Gasteiger partial charge in [0.25, 0.3) is 0 Å². The first-order valence-electron chi connectivity index (χ1n) is 6.37. The Labute approximate surface area is 167 Å². The van der Waals surface area contributed by atoms with Crippen molar-refractivity contribution in [3.63, 3.8) is 0 Å². The Morgan fingerprint density at radius 2 is 1.92 bits per heavy atom. The molecule has 0 spiro atoms. The molecule has 0 radical (unpaired) electrons. The lowest BCUT2D eigenvalue weighted by atomic mass is 10.3. The van der Waals surface area contributed by atoms with Gasteiger partial charge in [-0.05, 0) is 25.1 Å². The Kier molecular flexibility index (Phi) is 8.40. The Morgan fingerprint density at radius 1 is 1.24 bits per heavy atom. The summed E-state index contributed by atoms with van der Waals surface area (Å²) in [6, 6.07) is 4.85. The van der Waals surface area contributed by atoms with E-state index in [9.17, 15) is 4.79 Å². The number of aryl methyl sites for hydroxylation is 1. The van der Waals surface area contributed by atoms with E-state index in [0.717, 1.165) is 0 Å². The molecular formula is C14H15Cl4N5O2. The fourth-order valence-electron chi connectivity index (χ4n) is 2.15. The summed E-state index contributed by atoms with van der Waals surface area (Å²) >= 11 is 6.21. The van der Waals surface area contributed by atoms with E-state index in [4.69, 9.17) is 17.3 Å². The van der Waals surface area contributed by atoms with Crippen molar-refractivity contribution in [3.8, 4) is 5.82 Å². The van der Waals surface area contributed by atoms with Gasteiger partial charge in [0.05, 0.1) is 24.0 Å². The fraction of sp³-hybridized carbons (Fsp3) is 0.143. The number of carbonyl (C=O) groups excluding carboxylic acids is 1. The van der Waals surface area contributed by atoms with Crippen molar-refractivity contribution in [2.24, 2.45) is 0 Å². The van der Waals surface area contributed by atoms with E-state index in [1.54, 1.807) is 29.7 Å². The number of fused-ring (bicyclic) bond motifs is 1. The van der Waals surface area contributed by atoms with Crippen molar-refractivity contribution in [3.05, 3.63) is 40.9 Å². The lowest BCUT2D eigenvalue weighted by Gasteiger charge is -2.08. The highest BCUT2D eigenvalue weighted by molar-refractivity contribution is 6.32. The highest BCUT2D eigenvalue weighted by Crippen LogP contribution is 2.25. The van der Waals surface area contributed by atoms with Crippen molar-refractivity contribution < 1.29 is 9.53 Å². The average Bonchev–Trinajstić information content (AvgIpc) is 2.82. The van der Waals surface area contributed by atoms with Gasteiger partial charge in [0.2, 0.25) is 0 Å². The number of ether oxygens (including phenoxy) is 1. The molecule has 3 aromatic rings. The Bertz CT molecular complexity index is 900. The molecule has 0 saturated heterocycles. The van der Waals surface area contributed by atoms with Crippen LogP contribution in [0.2, 0.25) is 5.02 Å². The number of aromatic nitrogens is 4. The van der Waals surface area contributed by atoms with E-state index in [0.29, 0.717) is 33.5 Å². The molecule has 0 aliphatic carbocycles. The zero-order chi connectivity index (χ0) is 15.9. The van der Waals surface area contributed by atoms with Crippen LogP contribution < -0.4 is 5.73 Å². The van der Waals surface area contributed by atoms with E-state index in [2.05, 4.69) is 19.7 Å². The summed E-state index contributed by atoms with van der Waals surface area (Å²) < 4.78 is 6.36. The average molecular weight is 427 g/mol. The monoisotopic (exact) mass is 425 g/mol. The summed E-state index contributed by atoms with van der Waals surface area (Å²) in [5.41, 5.74) is 7.40. The normalized spacial score (nSPS) is 9.56. The first kappa shape index (κ1) is 23.2. The number of carbonyl (C=O) groups is 1. The van der Waals surface area contributed by atoms with Gasteiger partial charge in [0, 0.05) is 0 Å². The zero-order valence-corrected chi connectivity index (χ0v) is 16.3. The Balaban J connectivity index is 0.00000192. The number of hydrogen-bond donors (Lipinski definition) is 1.